The van der Waals surface area contributed by atoms with Crippen molar-refractivity contribution in [2.24, 2.45) is 0 Å². The van der Waals surface area contributed by atoms with Gasteiger partial charge in [-0.2, -0.15) is 0 Å². The van der Waals surface area contributed by atoms with Gasteiger partial charge in [0.2, 0.25) is 0 Å². The van der Waals surface area contributed by atoms with E-state index in [0.29, 0.717) is 10.6 Å². The van der Waals surface area contributed by atoms with Crippen molar-refractivity contribution in [2.45, 2.75) is 48.1 Å². The van der Waals surface area contributed by atoms with Crippen molar-refractivity contribution in [1.82, 2.24) is 9.88 Å². The molecule has 0 radical (unpaired) electrons. The summed E-state index contributed by atoms with van der Waals surface area (Å²) in [7, 11) is 0. The molecule has 1 aliphatic carbocycles. The van der Waals surface area contributed by atoms with E-state index in [2.05, 4.69) is 36.0 Å². The van der Waals surface area contributed by atoms with E-state index >= 15 is 0 Å². The molecule has 0 saturated heterocycles. The maximum atomic E-state index is 14.2. The topological polar surface area (TPSA) is 71.3 Å². The van der Waals surface area contributed by atoms with Crippen molar-refractivity contribution in [3.05, 3.63) is 119 Å². The van der Waals surface area contributed by atoms with Gasteiger partial charge in [-0.3, -0.25) is 4.79 Å². The van der Waals surface area contributed by atoms with Crippen molar-refractivity contribution in [3.8, 4) is 11.1 Å². The van der Waals surface area contributed by atoms with Crippen molar-refractivity contribution in [1.29, 1.82) is 0 Å². The lowest BCUT2D eigenvalue weighted by Gasteiger charge is -2.20. The average Bonchev–Trinajstić information content (AvgIpc) is 3.66. The highest BCUT2D eigenvalue weighted by atomic mass is 35.5. The Balaban J connectivity index is 1.49. The molecule has 42 heavy (non-hydrogen) atoms. The monoisotopic (exact) mass is 598 g/mol. The lowest BCUT2D eigenvalue weighted by molar-refractivity contribution is 0.0696. The van der Waals surface area contributed by atoms with Crippen LogP contribution >= 0.6 is 23.4 Å². The fourth-order valence-corrected chi connectivity index (χ4v) is 6.65. The summed E-state index contributed by atoms with van der Waals surface area (Å²) in [4.78, 5) is 27.5. The Morgan fingerprint density at radius 3 is 2.31 bits per heavy atom. The van der Waals surface area contributed by atoms with Gasteiger partial charge in [0.1, 0.15) is 5.82 Å². The summed E-state index contributed by atoms with van der Waals surface area (Å²) >= 11 is 7.84. The number of benzene rings is 4. The Morgan fingerprint density at radius 1 is 0.976 bits per heavy atom. The van der Waals surface area contributed by atoms with Gasteiger partial charge in [-0.05, 0) is 98.0 Å². The summed E-state index contributed by atoms with van der Waals surface area (Å²) in [5, 5.41) is 14.1. The van der Waals surface area contributed by atoms with Gasteiger partial charge in [-0.15, -0.1) is 0 Å². The number of aromatic nitrogens is 1. The predicted molar refractivity (Wildman–Crippen MR) is 165 cm³/mol. The Hall–Kier alpha value is -4.07. The molecule has 4 aromatic carbocycles. The van der Waals surface area contributed by atoms with Gasteiger partial charge in [0.15, 0.2) is 0 Å². The maximum absolute atomic E-state index is 14.2. The Kier molecular flexibility index (Phi) is 7.33. The molecular weight excluding hydrogens is 571 g/mol. The highest BCUT2D eigenvalue weighted by Gasteiger charge is 2.46. The number of carbonyl (C=O) groups excluding carboxylic acids is 1. The molecule has 0 spiro atoms. The molecule has 0 atom stereocenters. The number of hydrogen-bond donors (Lipinski definition) is 2. The molecule has 8 heteroatoms. The minimum atomic E-state index is -0.991. The number of aromatic carboxylic acids is 1. The second kappa shape index (κ2) is 11.0. The van der Waals surface area contributed by atoms with Gasteiger partial charge in [0.05, 0.1) is 22.2 Å². The molecule has 0 unspecified atom stereocenters. The van der Waals surface area contributed by atoms with E-state index in [0.717, 1.165) is 50.2 Å². The average molecular weight is 599 g/mol. The number of fused-ring (bicyclic) bond motifs is 1. The predicted octanol–water partition coefficient (Wildman–Crippen LogP) is 8.95. The fourth-order valence-electron chi connectivity index (χ4n) is 5.33. The van der Waals surface area contributed by atoms with Gasteiger partial charge < -0.3 is 15.0 Å². The molecule has 1 saturated carbocycles. The van der Waals surface area contributed by atoms with Crippen LogP contribution in [0.3, 0.4) is 0 Å². The molecule has 6 rings (SSSR count). The molecule has 1 aromatic heterocycles. The zero-order valence-corrected chi connectivity index (χ0v) is 24.6. The van der Waals surface area contributed by atoms with Gasteiger partial charge in [0, 0.05) is 32.4 Å². The summed E-state index contributed by atoms with van der Waals surface area (Å²) in [6.07, 6.45) is 3.58. The third kappa shape index (κ3) is 5.42. The quantitative estimate of drug-likeness (QED) is 0.187. The molecule has 1 amide bonds. The van der Waals surface area contributed by atoms with E-state index in [1.807, 2.05) is 30.3 Å². The number of nitrogens with one attached hydrogen (secondary N) is 1. The molecular formula is C34H28ClFN2O3S. The van der Waals surface area contributed by atoms with Gasteiger partial charge >= 0.3 is 5.97 Å². The number of rotatable bonds is 8. The Bertz CT molecular complexity index is 1830. The van der Waals surface area contributed by atoms with Crippen LogP contribution in [0.5, 0.6) is 0 Å². The highest BCUT2D eigenvalue weighted by Crippen LogP contribution is 2.47. The molecule has 0 bridgehead atoms. The van der Waals surface area contributed by atoms with E-state index in [1.165, 1.54) is 12.1 Å². The van der Waals surface area contributed by atoms with Crippen molar-refractivity contribution in [2.75, 3.05) is 0 Å². The van der Waals surface area contributed by atoms with Crippen LogP contribution < -0.4 is 5.32 Å². The van der Waals surface area contributed by atoms with Crippen molar-refractivity contribution in [3.63, 3.8) is 0 Å². The van der Waals surface area contributed by atoms with E-state index in [4.69, 9.17) is 11.6 Å². The fraction of sp³-hybridized carbons (Fsp3) is 0.176. The molecule has 2 N–H and O–H groups in total. The smallest absolute Gasteiger partial charge is 0.335 e. The zero-order valence-electron chi connectivity index (χ0n) is 23.0. The highest BCUT2D eigenvalue weighted by molar-refractivity contribution is 7.99. The summed E-state index contributed by atoms with van der Waals surface area (Å²) < 4.78 is 15.9. The van der Waals surface area contributed by atoms with E-state index in [9.17, 15) is 19.1 Å². The van der Waals surface area contributed by atoms with Crippen molar-refractivity contribution < 1.29 is 19.1 Å². The van der Waals surface area contributed by atoms with Gasteiger partial charge in [-0.25, -0.2) is 9.18 Å². The molecule has 1 fully saturated rings. The summed E-state index contributed by atoms with van der Waals surface area (Å²) in [5.74, 6) is -1.54. The molecule has 5 nitrogen and oxygen atoms in total. The lowest BCUT2D eigenvalue weighted by Crippen LogP contribution is -2.35. The van der Waals surface area contributed by atoms with Crippen LogP contribution in [-0.4, -0.2) is 21.6 Å². The normalized spacial score (nSPS) is 13.8. The van der Waals surface area contributed by atoms with Crippen LogP contribution in [0.15, 0.2) is 101 Å². The third-order valence-electron chi connectivity index (χ3n) is 7.69. The summed E-state index contributed by atoms with van der Waals surface area (Å²) in [6.45, 7) is 4.19. The number of hydrogen-bond acceptors (Lipinski definition) is 3. The third-order valence-corrected chi connectivity index (χ3v) is 8.94. The Labute approximate surface area is 252 Å². The number of nitrogens with zero attached hydrogens (tertiary/aromatic N) is 1. The van der Waals surface area contributed by atoms with E-state index < -0.39 is 11.5 Å². The van der Waals surface area contributed by atoms with Gasteiger partial charge in [-0.1, -0.05) is 53.7 Å². The van der Waals surface area contributed by atoms with Gasteiger partial charge in [0.25, 0.3) is 5.91 Å². The van der Waals surface area contributed by atoms with Crippen LogP contribution in [0.1, 0.15) is 59.0 Å². The Morgan fingerprint density at radius 2 is 1.69 bits per heavy atom. The first kappa shape index (κ1) is 28.1. The summed E-state index contributed by atoms with van der Waals surface area (Å²) in [5.41, 5.74) is 3.54. The second-order valence-corrected chi connectivity index (χ2v) is 12.4. The molecule has 5 aromatic rings. The number of carbonyl (C=O) groups is 2. The zero-order chi connectivity index (χ0) is 29.6. The SMILES string of the molecule is CC(C)n1cc(Sc2cccc(Cl)c2)c2c(C(=O)NC3(c4ccc(C(=O)O)cc4)CC3)cc(-c3ccc(F)cc3)cc21. The molecule has 1 heterocycles. The van der Waals surface area contributed by atoms with E-state index in [-0.39, 0.29) is 23.3 Å². The minimum Gasteiger partial charge on any atom is -0.478 e. The van der Waals surface area contributed by atoms with Crippen molar-refractivity contribution >= 4 is 46.1 Å². The summed E-state index contributed by atoms with van der Waals surface area (Å²) in [6, 6.07) is 24.6. The maximum Gasteiger partial charge on any atom is 0.335 e. The van der Waals surface area contributed by atoms with Crippen LogP contribution in [0.2, 0.25) is 5.02 Å². The molecule has 212 valence electrons. The van der Waals surface area contributed by atoms with E-state index in [1.54, 1.807) is 48.2 Å². The van der Waals surface area contributed by atoms with Crippen LogP contribution in [0, 0.1) is 5.82 Å². The molecule has 0 aliphatic heterocycles. The first-order valence-corrected chi connectivity index (χ1v) is 14.9. The minimum absolute atomic E-state index is 0.114. The number of carboxylic acids is 1. The van der Waals surface area contributed by atoms with Crippen LogP contribution in [0.4, 0.5) is 4.39 Å². The number of halogens is 2. The van der Waals surface area contributed by atoms with Crippen LogP contribution in [0.25, 0.3) is 22.0 Å². The first-order valence-electron chi connectivity index (χ1n) is 13.7. The lowest BCUT2D eigenvalue weighted by atomic mass is 9.98. The number of carboxylic acid groups (broad SMARTS) is 1. The van der Waals surface area contributed by atoms with Crippen LogP contribution in [-0.2, 0) is 5.54 Å². The standard InChI is InChI=1S/C34H28ClFN2O3S/c1-20(2)38-19-30(42-27-5-3-4-25(35)18-27)31-28(16-23(17-29(31)38)21-8-12-26(36)13-9-21)32(39)37-34(14-15-34)24-10-6-22(7-11-24)33(40)41/h3-13,16-20H,14-15H2,1-2H3,(H,37,39)(H,40,41). The number of amides is 1. The second-order valence-electron chi connectivity index (χ2n) is 10.9. The molecule has 1 aliphatic rings. The first-order chi connectivity index (χ1) is 20.1. The largest absolute Gasteiger partial charge is 0.478 e.